The third-order valence-electron chi connectivity index (χ3n) is 4.86. The minimum absolute atomic E-state index is 0.182. The van der Waals surface area contributed by atoms with E-state index in [-0.39, 0.29) is 11.7 Å². The molecular weight excluding hydrogens is 362 g/mol. The molecule has 1 amide bonds. The fourth-order valence-electron chi connectivity index (χ4n) is 3.24. The molecule has 1 aromatic heterocycles. The monoisotopic (exact) mass is 387 g/mol. The van der Waals surface area contributed by atoms with Crippen LogP contribution in [-0.4, -0.2) is 33.5 Å². The van der Waals surface area contributed by atoms with Gasteiger partial charge in [0.2, 0.25) is 0 Å². The molecule has 1 N–H and O–H groups in total. The fraction of sp³-hybridized carbons (Fsp3) is 0.450. The zero-order valence-corrected chi connectivity index (χ0v) is 17.0. The van der Waals surface area contributed by atoms with Gasteiger partial charge >= 0.3 is 5.97 Å². The number of thioether (sulfide) groups is 1. The van der Waals surface area contributed by atoms with Gasteiger partial charge in [-0.2, -0.15) is 5.10 Å². The van der Waals surface area contributed by atoms with Crippen molar-refractivity contribution < 1.29 is 14.3 Å². The largest absolute Gasteiger partial charge is 0.452 e. The molecule has 7 heteroatoms. The molecule has 0 bridgehead atoms. The number of esters is 1. The number of carbonyl (C=O) groups is 2. The average Bonchev–Trinajstić information content (AvgIpc) is 3.19. The molecular formula is C20H25N3O3S. The molecule has 0 saturated heterocycles. The molecule has 0 fully saturated rings. The number of hydrogen-bond acceptors (Lipinski definition) is 5. The van der Waals surface area contributed by atoms with Gasteiger partial charge in [-0.3, -0.25) is 14.3 Å². The van der Waals surface area contributed by atoms with Crippen LogP contribution in [0.25, 0.3) is 0 Å². The van der Waals surface area contributed by atoms with E-state index in [0.29, 0.717) is 5.69 Å². The van der Waals surface area contributed by atoms with Crippen molar-refractivity contribution in [1.82, 2.24) is 9.78 Å². The van der Waals surface area contributed by atoms with E-state index in [2.05, 4.69) is 22.5 Å². The van der Waals surface area contributed by atoms with Crippen LogP contribution in [-0.2, 0) is 34.2 Å². The molecule has 1 atom stereocenters. The number of rotatable bonds is 6. The number of carbonyl (C=O) groups excluding carboxylic acids is 2. The second-order valence-electron chi connectivity index (χ2n) is 6.86. The van der Waals surface area contributed by atoms with Crippen molar-refractivity contribution >= 4 is 29.3 Å². The van der Waals surface area contributed by atoms with Gasteiger partial charge in [-0.05, 0) is 63.3 Å². The van der Waals surface area contributed by atoms with E-state index in [0.717, 1.165) is 29.1 Å². The highest BCUT2D eigenvalue weighted by Crippen LogP contribution is 2.27. The third kappa shape index (κ3) is 4.53. The Hall–Kier alpha value is -2.28. The van der Waals surface area contributed by atoms with Crippen molar-refractivity contribution in [3.05, 3.63) is 40.7 Å². The number of hydrogen-bond donors (Lipinski definition) is 1. The van der Waals surface area contributed by atoms with Gasteiger partial charge in [0, 0.05) is 11.9 Å². The zero-order valence-electron chi connectivity index (χ0n) is 16.2. The maximum absolute atomic E-state index is 12.3. The Morgan fingerprint density at radius 1 is 1.30 bits per heavy atom. The molecule has 2 aromatic rings. The summed E-state index contributed by atoms with van der Waals surface area (Å²) in [4.78, 5) is 25.5. The Bertz CT molecular complexity index is 876. The standard InChI is InChI=1S/C20H25N3O3S/c1-12-19(13(2)23(4)22-12)21-20(25)14(3)26-18(24)11-27-17-9-8-15-6-5-7-16(15)10-17/h8-10,14H,5-7,11H2,1-4H3,(H,21,25)/t14-/m0/s1. The van der Waals surface area contributed by atoms with E-state index >= 15 is 0 Å². The molecule has 27 heavy (non-hydrogen) atoms. The Kier molecular flexibility index (Phi) is 5.89. The van der Waals surface area contributed by atoms with Crippen LogP contribution in [0.4, 0.5) is 5.69 Å². The summed E-state index contributed by atoms with van der Waals surface area (Å²) in [6.45, 7) is 5.28. The fourth-order valence-corrected chi connectivity index (χ4v) is 3.99. The third-order valence-corrected chi connectivity index (χ3v) is 5.83. The summed E-state index contributed by atoms with van der Waals surface area (Å²) in [6, 6.07) is 6.35. The first-order valence-electron chi connectivity index (χ1n) is 9.10. The minimum Gasteiger partial charge on any atom is -0.452 e. The zero-order chi connectivity index (χ0) is 19.6. The van der Waals surface area contributed by atoms with Crippen LogP contribution in [0.15, 0.2) is 23.1 Å². The Balaban J connectivity index is 1.50. The molecule has 1 aromatic carbocycles. The summed E-state index contributed by atoms with van der Waals surface area (Å²) in [5.41, 5.74) is 5.04. The number of fused-ring (bicyclic) bond motifs is 1. The van der Waals surface area contributed by atoms with E-state index in [1.165, 1.54) is 29.3 Å². The van der Waals surface area contributed by atoms with Crippen LogP contribution in [0.2, 0.25) is 0 Å². The van der Waals surface area contributed by atoms with Crippen molar-refractivity contribution in [2.75, 3.05) is 11.1 Å². The van der Waals surface area contributed by atoms with Crippen molar-refractivity contribution in [2.45, 2.75) is 51.0 Å². The van der Waals surface area contributed by atoms with E-state index in [1.54, 1.807) is 11.6 Å². The van der Waals surface area contributed by atoms with Gasteiger partial charge < -0.3 is 10.1 Å². The topological polar surface area (TPSA) is 73.2 Å². The molecule has 1 aliphatic rings. The van der Waals surface area contributed by atoms with E-state index < -0.39 is 12.1 Å². The molecule has 1 aliphatic carbocycles. The normalized spacial score (nSPS) is 13.9. The lowest BCUT2D eigenvalue weighted by atomic mass is 10.1. The molecule has 0 saturated carbocycles. The van der Waals surface area contributed by atoms with Crippen molar-refractivity contribution in [1.29, 1.82) is 0 Å². The molecule has 0 aliphatic heterocycles. The number of aromatic nitrogens is 2. The molecule has 3 rings (SSSR count). The van der Waals surface area contributed by atoms with Crippen molar-refractivity contribution in [2.24, 2.45) is 7.05 Å². The summed E-state index contributed by atoms with van der Waals surface area (Å²) in [6.07, 6.45) is 2.59. The van der Waals surface area contributed by atoms with Crippen LogP contribution in [0.1, 0.15) is 35.9 Å². The molecule has 0 radical (unpaired) electrons. The van der Waals surface area contributed by atoms with Crippen LogP contribution in [0.3, 0.4) is 0 Å². The van der Waals surface area contributed by atoms with Crippen LogP contribution < -0.4 is 5.32 Å². The predicted octanol–water partition coefficient (Wildman–Crippen LogP) is 3.19. The number of aryl methyl sites for hydroxylation is 4. The van der Waals surface area contributed by atoms with Crippen molar-refractivity contribution in [3.8, 4) is 0 Å². The van der Waals surface area contributed by atoms with Crippen molar-refractivity contribution in [3.63, 3.8) is 0 Å². The lowest BCUT2D eigenvalue weighted by Gasteiger charge is -2.14. The van der Waals surface area contributed by atoms with Crippen LogP contribution >= 0.6 is 11.8 Å². The minimum atomic E-state index is -0.864. The van der Waals surface area contributed by atoms with Gasteiger partial charge in [-0.15, -0.1) is 11.8 Å². The maximum atomic E-state index is 12.3. The summed E-state index contributed by atoms with van der Waals surface area (Å²) < 4.78 is 6.99. The number of amides is 1. The smallest absolute Gasteiger partial charge is 0.317 e. The number of ether oxygens (including phenoxy) is 1. The summed E-state index contributed by atoms with van der Waals surface area (Å²) in [5.74, 6) is -0.575. The molecule has 144 valence electrons. The highest BCUT2D eigenvalue weighted by Gasteiger charge is 2.21. The number of benzene rings is 1. The Morgan fingerprint density at radius 2 is 2.04 bits per heavy atom. The van der Waals surface area contributed by atoms with Crippen LogP contribution in [0, 0.1) is 13.8 Å². The molecule has 6 nitrogen and oxygen atoms in total. The molecule has 0 unspecified atom stereocenters. The SMILES string of the molecule is Cc1nn(C)c(C)c1NC(=O)[C@H](C)OC(=O)CSc1ccc2c(c1)CCC2. The highest BCUT2D eigenvalue weighted by atomic mass is 32.2. The summed E-state index contributed by atoms with van der Waals surface area (Å²) in [7, 11) is 1.82. The Labute approximate surface area is 163 Å². The quantitative estimate of drug-likeness (QED) is 0.609. The second kappa shape index (κ2) is 8.17. The van der Waals surface area contributed by atoms with Gasteiger partial charge in [0.15, 0.2) is 6.10 Å². The lowest BCUT2D eigenvalue weighted by molar-refractivity contribution is -0.150. The van der Waals surface area contributed by atoms with E-state index in [9.17, 15) is 9.59 Å². The second-order valence-corrected chi connectivity index (χ2v) is 7.91. The highest BCUT2D eigenvalue weighted by molar-refractivity contribution is 8.00. The van der Waals surface area contributed by atoms with Gasteiger partial charge in [0.25, 0.3) is 5.91 Å². The molecule has 0 spiro atoms. The van der Waals surface area contributed by atoms with Gasteiger partial charge in [-0.1, -0.05) is 6.07 Å². The van der Waals surface area contributed by atoms with Gasteiger partial charge in [-0.25, -0.2) is 0 Å². The van der Waals surface area contributed by atoms with E-state index in [4.69, 9.17) is 4.74 Å². The van der Waals surface area contributed by atoms with Crippen LogP contribution in [0.5, 0.6) is 0 Å². The Morgan fingerprint density at radius 3 is 2.74 bits per heavy atom. The summed E-state index contributed by atoms with van der Waals surface area (Å²) in [5, 5.41) is 7.06. The van der Waals surface area contributed by atoms with Gasteiger partial charge in [0.1, 0.15) is 0 Å². The molecule has 1 heterocycles. The first kappa shape index (κ1) is 19.5. The van der Waals surface area contributed by atoms with E-state index in [1.807, 2.05) is 27.0 Å². The van der Waals surface area contributed by atoms with Gasteiger partial charge in [0.05, 0.1) is 22.8 Å². The number of nitrogens with one attached hydrogen (secondary N) is 1. The lowest BCUT2D eigenvalue weighted by Crippen LogP contribution is -2.30. The number of nitrogens with zero attached hydrogens (tertiary/aromatic N) is 2. The number of anilines is 1. The average molecular weight is 388 g/mol. The summed E-state index contributed by atoms with van der Waals surface area (Å²) >= 11 is 1.44. The predicted molar refractivity (Wildman–Crippen MR) is 106 cm³/mol. The maximum Gasteiger partial charge on any atom is 0.317 e. The first-order chi connectivity index (χ1) is 12.8. The first-order valence-corrected chi connectivity index (χ1v) is 10.1.